The molecule has 1 aromatic rings. The van der Waals surface area contributed by atoms with Crippen LogP contribution in [0.4, 0.5) is 0 Å². The Kier molecular flexibility index (Phi) is 3.91. The number of aliphatic hydroxyl groups excluding tert-OH is 2. The van der Waals surface area contributed by atoms with Gasteiger partial charge < -0.3 is 10.2 Å². The summed E-state index contributed by atoms with van der Waals surface area (Å²) in [6.07, 6.45) is 3.03. The first kappa shape index (κ1) is 14.8. The molecule has 2 atom stereocenters. The van der Waals surface area contributed by atoms with Crippen molar-refractivity contribution in [1.29, 1.82) is 0 Å². The van der Waals surface area contributed by atoms with Crippen molar-refractivity contribution in [1.82, 2.24) is 4.90 Å². The van der Waals surface area contributed by atoms with Gasteiger partial charge in [0.1, 0.15) is 0 Å². The Balaban J connectivity index is 1.86. The summed E-state index contributed by atoms with van der Waals surface area (Å²) in [5, 5.41) is 20.0. The predicted molar refractivity (Wildman–Crippen MR) is 83.7 cm³/mol. The van der Waals surface area contributed by atoms with E-state index >= 15 is 0 Å². The summed E-state index contributed by atoms with van der Waals surface area (Å²) in [7, 11) is 0. The molecular formula is C18H25NO2. The Morgan fingerprint density at radius 3 is 2.10 bits per heavy atom. The van der Waals surface area contributed by atoms with Crippen LogP contribution in [0.3, 0.4) is 0 Å². The molecule has 3 nitrogen and oxygen atoms in total. The number of fused-ring (bicyclic) bond motifs is 2. The molecule has 1 saturated carbocycles. The monoisotopic (exact) mass is 287 g/mol. The third kappa shape index (κ3) is 2.44. The Labute approximate surface area is 126 Å². The van der Waals surface area contributed by atoms with Crippen LogP contribution in [0.25, 0.3) is 0 Å². The summed E-state index contributed by atoms with van der Waals surface area (Å²) in [6, 6.07) is 10.4. The summed E-state index contributed by atoms with van der Waals surface area (Å²) >= 11 is 0. The van der Waals surface area contributed by atoms with Crippen molar-refractivity contribution in [3.8, 4) is 0 Å². The van der Waals surface area contributed by atoms with E-state index in [0.717, 1.165) is 44.5 Å². The van der Waals surface area contributed by atoms with E-state index in [9.17, 15) is 10.2 Å². The van der Waals surface area contributed by atoms with Gasteiger partial charge in [0.25, 0.3) is 0 Å². The number of aliphatic hydroxyl groups is 2. The molecule has 0 spiro atoms. The average Bonchev–Trinajstić information content (AvgIpc) is 2.50. The van der Waals surface area contributed by atoms with Crippen LogP contribution < -0.4 is 0 Å². The van der Waals surface area contributed by atoms with Crippen LogP contribution in [0.1, 0.15) is 24.8 Å². The van der Waals surface area contributed by atoms with Crippen LogP contribution in [0.2, 0.25) is 0 Å². The molecule has 2 aliphatic rings. The maximum Gasteiger partial charge on any atom is 0.0537 e. The molecule has 1 aromatic carbocycles. The largest absolute Gasteiger partial charge is 0.395 e. The minimum absolute atomic E-state index is 0.138. The minimum atomic E-state index is -0.228. The van der Waals surface area contributed by atoms with E-state index in [-0.39, 0.29) is 24.0 Å². The van der Waals surface area contributed by atoms with Crippen LogP contribution in [0.15, 0.2) is 42.5 Å². The molecule has 21 heavy (non-hydrogen) atoms. The molecule has 1 saturated heterocycles. The molecule has 3 heteroatoms. The third-order valence-corrected chi connectivity index (χ3v) is 5.50. The Morgan fingerprint density at radius 2 is 1.57 bits per heavy atom. The van der Waals surface area contributed by atoms with Gasteiger partial charge in [0, 0.05) is 30.5 Å². The number of piperidine rings is 1. The van der Waals surface area contributed by atoms with E-state index in [1.165, 1.54) is 5.56 Å². The van der Waals surface area contributed by atoms with Crippen LogP contribution >= 0.6 is 0 Å². The Morgan fingerprint density at radius 1 is 1.00 bits per heavy atom. The molecule has 1 aliphatic heterocycles. The smallest absolute Gasteiger partial charge is 0.0537 e. The topological polar surface area (TPSA) is 43.7 Å². The molecule has 2 N–H and O–H groups in total. The zero-order valence-corrected chi connectivity index (χ0v) is 12.6. The molecule has 0 amide bonds. The van der Waals surface area contributed by atoms with Crippen molar-refractivity contribution in [2.75, 3.05) is 26.3 Å². The van der Waals surface area contributed by atoms with Crippen LogP contribution in [-0.4, -0.2) is 41.4 Å². The molecule has 0 radical (unpaired) electrons. The second kappa shape index (κ2) is 5.56. The Hall–Kier alpha value is -1.16. The fourth-order valence-corrected chi connectivity index (χ4v) is 4.29. The van der Waals surface area contributed by atoms with Gasteiger partial charge in [-0.05, 0) is 18.4 Å². The number of rotatable bonds is 4. The lowest BCUT2D eigenvalue weighted by molar-refractivity contribution is -0.0423. The molecule has 2 bridgehead atoms. The van der Waals surface area contributed by atoms with Crippen molar-refractivity contribution in [2.45, 2.75) is 25.8 Å². The zero-order valence-electron chi connectivity index (χ0n) is 12.6. The van der Waals surface area contributed by atoms with E-state index in [1.54, 1.807) is 0 Å². The third-order valence-electron chi connectivity index (χ3n) is 5.50. The lowest BCUT2D eigenvalue weighted by Crippen LogP contribution is -2.59. The molecule has 1 heterocycles. The lowest BCUT2D eigenvalue weighted by Gasteiger charge is -2.57. The minimum Gasteiger partial charge on any atom is -0.395 e. The van der Waals surface area contributed by atoms with Gasteiger partial charge in [-0.15, -0.1) is 0 Å². The number of hydrogen-bond acceptors (Lipinski definition) is 3. The molecule has 1 aliphatic carbocycles. The standard InChI is InChI=1S/C18H25NO2/c1-15-17(13-20)8-5-9-18(15,14-21)12-19(11-17)10-16-6-3-2-4-7-16/h2-4,6-7,20-21H,1,5,8-14H2/t17-,18+. The predicted octanol–water partition coefficient (Wildman–Crippen LogP) is 2.20. The molecule has 3 rings (SSSR count). The fourth-order valence-electron chi connectivity index (χ4n) is 4.29. The van der Waals surface area contributed by atoms with Gasteiger partial charge in [-0.2, -0.15) is 0 Å². The Bertz CT molecular complexity index is 491. The van der Waals surface area contributed by atoms with Crippen molar-refractivity contribution < 1.29 is 10.2 Å². The zero-order chi connectivity index (χ0) is 14.9. The highest BCUT2D eigenvalue weighted by Gasteiger charge is 2.52. The average molecular weight is 287 g/mol. The molecule has 0 aromatic heterocycles. The second-order valence-corrected chi connectivity index (χ2v) is 6.84. The number of likely N-dealkylation sites (tertiary alicyclic amines) is 1. The van der Waals surface area contributed by atoms with E-state index < -0.39 is 0 Å². The van der Waals surface area contributed by atoms with Gasteiger partial charge in [-0.25, -0.2) is 0 Å². The SMILES string of the molecule is C=C1[C@@]2(CO)CCC[C@]1(CO)CN(Cc1ccccc1)C2. The van der Waals surface area contributed by atoms with Crippen molar-refractivity contribution in [3.05, 3.63) is 48.0 Å². The maximum absolute atomic E-state index is 9.99. The van der Waals surface area contributed by atoms with Gasteiger partial charge in [0.15, 0.2) is 0 Å². The highest BCUT2D eigenvalue weighted by molar-refractivity contribution is 5.28. The highest BCUT2D eigenvalue weighted by atomic mass is 16.3. The van der Waals surface area contributed by atoms with Crippen molar-refractivity contribution in [3.63, 3.8) is 0 Å². The van der Waals surface area contributed by atoms with Gasteiger partial charge in [0.05, 0.1) is 13.2 Å². The van der Waals surface area contributed by atoms with Gasteiger partial charge in [-0.1, -0.05) is 48.9 Å². The number of benzene rings is 1. The lowest BCUT2D eigenvalue weighted by atomic mass is 9.56. The normalized spacial score (nSPS) is 33.1. The van der Waals surface area contributed by atoms with Crippen LogP contribution in [0, 0.1) is 10.8 Å². The van der Waals surface area contributed by atoms with Crippen molar-refractivity contribution >= 4 is 0 Å². The maximum atomic E-state index is 9.99. The summed E-state index contributed by atoms with van der Waals surface area (Å²) in [4.78, 5) is 2.38. The second-order valence-electron chi connectivity index (χ2n) is 6.84. The highest BCUT2D eigenvalue weighted by Crippen LogP contribution is 2.54. The summed E-state index contributed by atoms with van der Waals surface area (Å²) in [5.74, 6) is 0. The van der Waals surface area contributed by atoms with E-state index in [2.05, 4.69) is 35.7 Å². The van der Waals surface area contributed by atoms with Gasteiger partial charge >= 0.3 is 0 Å². The summed E-state index contributed by atoms with van der Waals surface area (Å²) in [6.45, 7) is 7.12. The fraction of sp³-hybridized carbons (Fsp3) is 0.556. The molecular weight excluding hydrogens is 262 g/mol. The van der Waals surface area contributed by atoms with Gasteiger partial charge in [-0.3, -0.25) is 4.90 Å². The van der Waals surface area contributed by atoms with Crippen LogP contribution in [-0.2, 0) is 6.54 Å². The number of hydrogen-bond donors (Lipinski definition) is 2. The van der Waals surface area contributed by atoms with Crippen molar-refractivity contribution in [2.24, 2.45) is 10.8 Å². The summed E-state index contributed by atoms with van der Waals surface area (Å²) < 4.78 is 0. The van der Waals surface area contributed by atoms with E-state index in [1.807, 2.05) is 6.07 Å². The first-order valence-electron chi connectivity index (χ1n) is 7.82. The molecule has 2 fully saturated rings. The molecule has 114 valence electrons. The van der Waals surface area contributed by atoms with E-state index in [0.29, 0.717) is 0 Å². The van der Waals surface area contributed by atoms with E-state index in [4.69, 9.17) is 0 Å². The first-order valence-corrected chi connectivity index (χ1v) is 7.82. The summed E-state index contributed by atoms with van der Waals surface area (Å²) in [5.41, 5.74) is 1.90. The van der Waals surface area contributed by atoms with Crippen LogP contribution in [0.5, 0.6) is 0 Å². The number of nitrogens with zero attached hydrogens (tertiary/aromatic N) is 1. The first-order chi connectivity index (χ1) is 10.1. The quantitative estimate of drug-likeness (QED) is 0.834. The molecule has 0 unspecified atom stereocenters. The van der Waals surface area contributed by atoms with Gasteiger partial charge in [0.2, 0.25) is 0 Å².